The number of anilines is 1. The number of hydrogen-bond donors (Lipinski definition) is 0. The molecule has 2 aliphatic heterocycles. The summed E-state index contributed by atoms with van der Waals surface area (Å²) in [7, 11) is 0. The predicted octanol–water partition coefficient (Wildman–Crippen LogP) is 2.78. The summed E-state index contributed by atoms with van der Waals surface area (Å²) in [4.78, 5) is 28.5. The van der Waals surface area contributed by atoms with Gasteiger partial charge in [0.2, 0.25) is 11.8 Å². The Labute approximate surface area is 161 Å². The summed E-state index contributed by atoms with van der Waals surface area (Å²) in [6.45, 7) is 3.64. The molecule has 0 spiro atoms. The summed E-state index contributed by atoms with van der Waals surface area (Å²) >= 11 is 5.82. The first kappa shape index (κ1) is 18.0. The normalized spacial score (nSPS) is 19.5. The van der Waals surface area contributed by atoms with Crippen LogP contribution in [0.25, 0.3) is 0 Å². The second-order valence-electron chi connectivity index (χ2n) is 7.10. The zero-order chi connectivity index (χ0) is 19.1. The second kappa shape index (κ2) is 6.96. The standard InChI is InChI=1S/C19H20ClFN4O2/c1-12-10-25-17(16(9-22-25)23-6-2-3-18(23)26)11-24(12)19(27)8-13-4-5-15(21)14(20)7-13/h4-5,7,9,12H,2-3,6,8,10-11H2,1H3. The van der Waals surface area contributed by atoms with Crippen LogP contribution in [0.4, 0.5) is 10.1 Å². The van der Waals surface area contributed by atoms with Gasteiger partial charge in [-0.25, -0.2) is 4.39 Å². The number of benzene rings is 1. The maximum Gasteiger partial charge on any atom is 0.227 e. The van der Waals surface area contributed by atoms with Gasteiger partial charge in [-0.15, -0.1) is 0 Å². The van der Waals surface area contributed by atoms with Gasteiger partial charge in [0.1, 0.15) is 5.82 Å². The smallest absolute Gasteiger partial charge is 0.227 e. The monoisotopic (exact) mass is 390 g/mol. The van der Waals surface area contributed by atoms with Crippen molar-refractivity contribution in [1.82, 2.24) is 14.7 Å². The molecule has 2 amide bonds. The first-order valence-electron chi connectivity index (χ1n) is 9.02. The maximum absolute atomic E-state index is 13.3. The molecule has 6 nitrogen and oxygen atoms in total. The van der Waals surface area contributed by atoms with Gasteiger partial charge in [0.05, 0.1) is 42.1 Å². The Morgan fingerprint density at radius 3 is 2.93 bits per heavy atom. The molecule has 0 radical (unpaired) electrons. The number of aromatic nitrogens is 2. The van der Waals surface area contributed by atoms with Crippen molar-refractivity contribution < 1.29 is 14.0 Å². The highest BCUT2D eigenvalue weighted by atomic mass is 35.5. The number of rotatable bonds is 3. The zero-order valence-corrected chi connectivity index (χ0v) is 15.7. The number of nitrogens with zero attached hydrogens (tertiary/aromatic N) is 4. The fourth-order valence-corrected chi connectivity index (χ4v) is 3.98. The summed E-state index contributed by atoms with van der Waals surface area (Å²) < 4.78 is 15.2. The van der Waals surface area contributed by atoms with Crippen LogP contribution < -0.4 is 4.90 Å². The van der Waals surface area contributed by atoms with Crippen LogP contribution in [0.2, 0.25) is 5.02 Å². The van der Waals surface area contributed by atoms with E-state index in [0.29, 0.717) is 31.6 Å². The predicted molar refractivity (Wildman–Crippen MR) is 98.9 cm³/mol. The molecular formula is C19H20ClFN4O2. The van der Waals surface area contributed by atoms with E-state index >= 15 is 0 Å². The summed E-state index contributed by atoms with van der Waals surface area (Å²) in [5.74, 6) is -0.456. The van der Waals surface area contributed by atoms with Gasteiger partial charge in [-0.3, -0.25) is 14.3 Å². The van der Waals surface area contributed by atoms with Crippen molar-refractivity contribution in [3.8, 4) is 0 Å². The quantitative estimate of drug-likeness (QED) is 0.809. The molecule has 1 unspecified atom stereocenters. The van der Waals surface area contributed by atoms with E-state index in [4.69, 9.17) is 11.6 Å². The van der Waals surface area contributed by atoms with E-state index in [1.54, 1.807) is 22.1 Å². The molecule has 0 saturated carbocycles. The van der Waals surface area contributed by atoms with Crippen LogP contribution in [-0.4, -0.2) is 39.1 Å². The fraction of sp³-hybridized carbons (Fsp3) is 0.421. The van der Waals surface area contributed by atoms with Crippen LogP contribution >= 0.6 is 11.6 Å². The van der Waals surface area contributed by atoms with Gasteiger partial charge in [-0.1, -0.05) is 17.7 Å². The van der Waals surface area contributed by atoms with Crippen LogP contribution in [0.15, 0.2) is 24.4 Å². The van der Waals surface area contributed by atoms with E-state index < -0.39 is 5.82 Å². The topological polar surface area (TPSA) is 58.4 Å². The number of carbonyl (C=O) groups excluding carboxylic acids is 2. The van der Waals surface area contributed by atoms with E-state index in [-0.39, 0.29) is 29.3 Å². The molecule has 4 rings (SSSR count). The SMILES string of the molecule is CC1Cn2ncc(N3CCCC3=O)c2CN1C(=O)Cc1ccc(F)c(Cl)c1. The van der Waals surface area contributed by atoms with E-state index in [1.165, 1.54) is 12.1 Å². The average molecular weight is 391 g/mol. The molecule has 1 saturated heterocycles. The summed E-state index contributed by atoms with van der Waals surface area (Å²) in [5.41, 5.74) is 2.36. The highest BCUT2D eigenvalue weighted by Gasteiger charge is 2.33. The molecular weight excluding hydrogens is 371 g/mol. The fourth-order valence-electron chi connectivity index (χ4n) is 3.77. The molecule has 1 atom stereocenters. The Balaban J connectivity index is 1.55. The molecule has 3 heterocycles. The third-order valence-corrected chi connectivity index (χ3v) is 5.53. The van der Waals surface area contributed by atoms with E-state index in [1.807, 2.05) is 11.6 Å². The van der Waals surface area contributed by atoms with Crippen molar-refractivity contribution in [2.45, 2.75) is 45.3 Å². The highest BCUT2D eigenvalue weighted by molar-refractivity contribution is 6.30. The molecule has 142 valence electrons. The molecule has 0 bridgehead atoms. The van der Waals surface area contributed by atoms with Crippen LogP contribution in [0.5, 0.6) is 0 Å². The number of amides is 2. The number of fused-ring (bicyclic) bond motifs is 1. The minimum atomic E-state index is -0.497. The van der Waals surface area contributed by atoms with Gasteiger partial charge >= 0.3 is 0 Å². The lowest BCUT2D eigenvalue weighted by Gasteiger charge is -2.35. The number of hydrogen-bond acceptors (Lipinski definition) is 3. The molecule has 1 fully saturated rings. The lowest BCUT2D eigenvalue weighted by atomic mass is 10.1. The minimum absolute atomic E-state index is 0.0138. The van der Waals surface area contributed by atoms with Gasteiger partial charge in [0, 0.05) is 19.0 Å². The summed E-state index contributed by atoms with van der Waals surface area (Å²) in [6.07, 6.45) is 3.26. The number of carbonyl (C=O) groups is 2. The Morgan fingerprint density at radius 2 is 2.22 bits per heavy atom. The molecule has 2 aromatic rings. The Hall–Kier alpha value is -2.41. The maximum atomic E-state index is 13.3. The summed E-state index contributed by atoms with van der Waals surface area (Å²) in [5, 5.41) is 4.42. The van der Waals surface area contributed by atoms with Crippen LogP contribution in [0.1, 0.15) is 31.0 Å². The lowest BCUT2D eigenvalue weighted by molar-refractivity contribution is -0.134. The summed E-state index contributed by atoms with van der Waals surface area (Å²) in [6, 6.07) is 4.31. The van der Waals surface area contributed by atoms with Crippen molar-refractivity contribution in [3.05, 3.63) is 46.5 Å². The molecule has 2 aliphatic rings. The first-order chi connectivity index (χ1) is 12.9. The number of halogens is 2. The van der Waals surface area contributed by atoms with Crippen molar-refractivity contribution in [1.29, 1.82) is 0 Å². The van der Waals surface area contributed by atoms with Gasteiger partial charge in [0.25, 0.3) is 0 Å². The van der Waals surface area contributed by atoms with Gasteiger partial charge in [-0.2, -0.15) is 5.10 Å². The Morgan fingerprint density at radius 1 is 1.41 bits per heavy atom. The van der Waals surface area contributed by atoms with Crippen molar-refractivity contribution in [3.63, 3.8) is 0 Å². The lowest BCUT2D eigenvalue weighted by Crippen LogP contribution is -2.46. The highest BCUT2D eigenvalue weighted by Crippen LogP contribution is 2.30. The van der Waals surface area contributed by atoms with Crippen molar-refractivity contribution >= 4 is 29.1 Å². The largest absolute Gasteiger partial charge is 0.332 e. The molecule has 1 aromatic heterocycles. The third kappa shape index (κ3) is 3.32. The Kier molecular flexibility index (Phi) is 4.63. The molecule has 27 heavy (non-hydrogen) atoms. The second-order valence-corrected chi connectivity index (χ2v) is 7.51. The van der Waals surface area contributed by atoms with Gasteiger partial charge < -0.3 is 9.80 Å². The molecule has 0 N–H and O–H groups in total. The molecule has 1 aromatic carbocycles. The van der Waals surface area contributed by atoms with E-state index in [0.717, 1.165) is 17.8 Å². The molecule has 0 aliphatic carbocycles. The molecule has 8 heteroatoms. The Bertz CT molecular complexity index is 913. The van der Waals surface area contributed by atoms with Crippen molar-refractivity contribution in [2.24, 2.45) is 0 Å². The minimum Gasteiger partial charge on any atom is -0.332 e. The third-order valence-electron chi connectivity index (χ3n) is 5.24. The average Bonchev–Trinajstić information content (AvgIpc) is 3.22. The van der Waals surface area contributed by atoms with E-state index in [9.17, 15) is 14.0 Å². The van der Waals surface area contributed by atoms with Gasteiger partial charge in [0.15, 0.2) is 0 Å². The van der Waals surface area contributed by atoms with Crippen molar-refractivity contribution in [2.75, 3.05) is 11.4 Å². The van der Waals surface area contributed by atoms with Crippen LogP contribution in [-0.2, 0) is 29.1 Å². The van der Waals surface area contributed by atoms with Crippen LogP contribution in [0.3, 0.4) is 0 Å². The van der Waals surface area contributed by atoms with Gasteiger partial charge in [-0.05, 0) is 31.0 Å². The zero-order valence-electron chi connectivity index (χ0n) is 15.0. The van der Waals surface area contributed by atoms with E-state index in [2.05, 4.69) is 5.10 Å². The van der Waals surface area contributed by atoms with Crippen LogP contribution in [0, 0.1) is 5.82 Å². The first-order valence-corrected chi connectivity index (χ1v) is 9.40.